The number of nitrogens with one attached hydrogen (secondary N) is 2. The highest BCUT2D eigenvalue weighted by atomic mass is 16.5. The molecule has 102 valence electrons. The van der Waals surface area contributed by atoms with E-state index in [1.807, 2.05) is 0 Å². The van der Waals surface area contributed by atoms with Crippen molar-refractivity contribution in [3.8, 4) is 0 Å². The molecule has 0 radical (unpaired) electrons. The second-order valence-electron chi connectivity index (χ2n) is 5.87. The Morgan fingerprint density at radius 1 is 1.24 bits per heavy atom. The molecule has 0 aliphatic rings. The van der Waals surface area contributed by atoms with Crippen LogP contribution in [-0.2, 0) is 9.53 Å². The molecule has 0 saturated heterocycles. The van der Waals surface area contributed by atoms with Gasteiger partial charge in [-0.15, -0.1) is 0 Å². The Morgan fingerprint density at radius 3 is 2.18 bits per heavy atom. The maximum absolute atomic E-state index is 11.5. The fraction of sp³-hybridized carbons (Fsp3) is 0.923. The van der Waals surface area contributed by atoms with Crippen LogP contribution >= 0.6 is 0 Å². The monoisotopic (exact) mass is 244 g/mol. The van der Waals surface area contributed by atoms with Crippen LogP contribution in [0.3, 0.4) is 0 Å². The molecule has 0 aromatic carbocycles. The van der Waals surface area contributed by atoms with Crippen LogP contribution in [0, 0.1) is 0 Å². The number of carbonyl (C=O) groups excluding carboxylic acids is 1. The third-order valence-electron chi connectivity index (χ3n) is 2.64. The lowest BCUT2D eigenvalue weighted by Crippen LogP contribution is -2.46. The van der Waals surface area contributed by atoms with Crippen molar-refractivity contribution in [2.45, 2.75) is 65.1 Å². The van der Waals surface area contributed by atoms with Crippen molar-refractivity contribution in [3.05, 3.63) is 0 Å². The van der Waals surface area contributed by atoms with Gasteiger partial charge in [-0.2, -0.15) is 0 Å². The van der Waals surface area contributed by atoms with Gasteiger partial charge in [-0.25, -0.2) is 0 Å². The number of ether oxygens (including phenoxy) is 1. The summed E-state index contributed by atoms with van der Waals surface area (Å²) in [6.07, 6.45) is 0.867. The van der Waals surface area contributed by atoms with Crippen molar-refractivity contribution in [3.63, 3.8) is 0 Å². The van der Waals surface area contributed by atoms with Crippen LogP contribution in [0.5, 0.6) is 0 Å². The number of likely N-dealkylation sites (N-methyl/N-ethyl adjacent to an activating group) is 1. The van der Waals surface area contributed by atoms with Crippen LogP contribution in [0.15, 0.2) is 0 Å². The average molecular weight is 244 g/mol. The molecule has 4 heteroatoms. The third kappa shape index (κ3) is 6.64. The minimum Gasteiger partial charge on any atom is -0.366 e. The molecule has 0 atom stereocenters. The highest BCUT2D eigenvalue weighted by Crippen LogP contribution is 2.14. The van der Waals surface area contributed by atoms with Gasteiger partial charge in [0.25, 0.3) is 5.91 Å². The standard InChI is InChI=1S/C13H28N2O2/c1-10(2)15-12(3,4)8-9-17-13(5,6)11(16)14-7/h10,15H,8-9H2,1-7H3,(H,14,16). The minimum atomic E-state index is -0.761. The fourth-order valence-corrected chi connectivity index (χ4v) is 1.78. The summed E-state index contributed by atoms with van der Waals surface area (Å²) in [7, 11) is 1.62. The van der Waals surface area contributed by atoms with Crippen molar-refractivity contribution in [2.75, 3.05) is 13.7 Å². The maximum atomic E-state index is 11.5. The molecule has 4 nitrogen and oxygen atoms in total. The van der Waals surface area contributed by atoms with E-state index in [1.54, 1.807) is 20.9 Å². The summed E-state index contributed by atoms with van der Waals surface area (Å²) in [5, 5.41) is 6.07. The van der Waals surface area contributed by atoms with Crippen LogP contribution in [0.1, 0.15) is 48.0 Å². The Kier molecular flexibility index (Phi) is 6.13. The van der Waals surface area contributed by atoms with Gasteiger partial charge in [0.05, 0.1) is 0 Å². The first-order valence-corrected chi connectivity index (χ1v) is 6.24. The largest absolute Gasteiger partial charge is 0.366 e. The summed E-state index contributed by atoms with van der Waals surface area (Å²) in [5.41, 5.74) is -0.740. The zero-order valence-corrected chi connectivity index (χ0v) is 12.3. The molecule has 0 unspecified atom stereocenters. The van der Waals surface area contributed by atoms with Crippen molar-refractivity contribution in [2.24, 2.45) is 0 Å². The third-order valence-corrected chi connectivity index (χ3v) is 2.64. The minimum absolute atomic E-state index is 0.0208. The molecule has 0 rings (SSSR count). The average Bonchev–Trinajstić information content (AvgIpc) is 2.13. The van der Waals surface area contributed by atoms with Crippen LogP contribution < -0.4 is 10.6 Å². The predicted molar refractivity (Wildman–Crippen MR) is 71.1 cm³/mol. The Balaban J connectivity index is 4.10. The first-order valence-electron chi connectivity index (χ1n) is 6.24. The molecule has 0 bridgehead atoms. The van der Waals surface area contributed by atoms with Gasteiger partial charge in [0.15, 0.2) is 0 Å². The van der Waals surface area contributed by atoms with Crippen molar-refractivity contribution >= 4 is 5.91 Å². The van der Waals surface area contributed by atoms with Gasteiger partial charge >= 0.3 is 0 Å². The maximum Gasteiger partial charge on any atom is 0.251 e. The number of carbonyl (C=O) groups is 1. The van der Waals surface area contributed by atoms with Crippen LogP contribution in [0.2, 0.25) is 0 Å². The Hall–Kier alpha value is -0.610. The second-order valence-corrected chi connectivity index (χ2v) is 5.87. The molecule has 0 spiro atoms. The molecule has 0 aliphatic carbocycles. The van der Waals surface area contributed by atoms with Gasteiger partial charge in [0.1, 0.15) is 5.60 Å². The summed E-state index contributed by atoms with van der Waals surface area (Å²) in [5.74, 6) is -0.0906. The smallest absolute Gasteiger partial charge is 0.251 e. The van der Waals surface area contributed by atoms with E-state index in [0.717, 1.165) is 6.42 Å². The van der Waals surface area contributed by atoms with Gasteiger partial charge in [-0.3, -0.25) is 4.79 Å². The summed E-state index contributed by atoms with van der Waals surface area (Å²) in [6, 6.07) is 0.442. The van der Waals surface area contributed by atoms with E-state index in [2.05, 4.69) is 38.3 Å². The lowest BCUT2D eigenvalue weighted by molar-refractivity contribution is -0.142. The number of rotatable bonds is 7. The Bertz CT molecular complexity index is 248. The van der Waals surface area contributed by atoms with Gasteiger partial charge in [0.2, 0.25) is 0 Å². The molecular formula is C13H28N2O2. The van der Waals surface area contributed by atoms with E-state index in [9.17, 15) is 4.79 Å². The van der Waals surface area contributed by atoms with Gasteiger partial charge in [-0.1, -0.05) is 13.8 Å². The van der Waals surface area contributed by atoms with Gasteiger partial charge < -0.3 is 15.4 Å². The van der Waals surface area contributed by atoms with E-state index in [0.29, 0.717) is 12.6 Å². The summed E-state index contributed by atoms with van der Waals surface area (Å²) in [6.45, 7) is 12.7. The highest BCUT2D eigenvalue weighted by molar-refractivity contribution is 5.83. The van der Waals surface area contributed by atoms with E-state index in [-0.39, 0.29) is 11.4 Å². The molecule has 0 aliphatic heterocycles. The molecule has 0 saturated carbocycles. The van der Waals surface area contributed by atoms with Crippen molar-refractivity contribution in [1.82, 2.24) is 10.6 Å². The van der Waals surface area contributed by atoms with Crippen molar-refractivity contribution < 1.29 is 9.53 Å². The fourth-order valence-electron chi connectivity index (χ4n) is 1.78. The van der Waals surface area contributed by atoms with Crippen LogP contribution in [0.4, 0.5) is 0 Å². The van der Waals surface area contributed by atoms with Crippen molar-refractivity contribution in [1.29, 1.82) is 0 Å². The number of amides is 1. The van der Waals surface area contributed by atoms with E-state index >= 15 is 0 Å². The first kappa shape index (κ1) is 16.4. The molecule has 1 amide bonds. The summed E-state index contributed by atoms with van der Waals surface area (Å²) >= 11 is 0. The summed E-state index contributed by atoms with van der Waals surface area (Å²) in [4.78, 5) is 11.5. The lowest BCUT2D eigenvalue weighted by atomic mass is 10.00. The topological polar surface area (TPSA) is 50.4 Å². The Morgan fingerprint density at radius 2 is 1.76 bits per heavy atom. The Labute approximate surface area is 105 Å². The van der Waals surface area contributed by atoms with E-state index in [4.69, 9.17) is 4.74 Å². The summed E-state index contributed by atoms with van der Waals surface area (Å²) < 4.78 is 5.65. The van der Waals surface area contributed by atoms with Crippen LogP contribution in [0.25, 0.3) is 0 Å². The first-order chi connectivity index (χ1) is 7.60. The van der Waals surface area contributed by atoms with E-state index in [1.165, 1.54) is 0 Å². The number of hydrogen-bond donors (Lipinski definition) is 2. The second kappa shape index (κ2) is 6.36. The SMILES string of the molecule is CNC(=O)C(C)(C)OCCC(C)(C)NC(C)C. The van der Waals surface area contributed by atoms with Gasteiger partial charge in [-0.05, 0) is 34.1 Å². The zero-order chi connectivity index (χ0) is 13.7. The molecule has 0 heterocycles. The lowest BCUT2D eigenvalue weighted by Gasteiger charge is -2.31. The van der Waals surface area contributed by atoms with E-state index < -0.39 is 5.60 Å². The zero-order valence-electron chi connectivity index (χ0n) is 12.3. The molecule has 2 N–H and O–H groups in total. The number of hydrogen-bond acceptors (Lipinski definition) is 3. The molecule has 0 aromatic heterocycles. The van der Waals surface area contributed by atoms with Gasteiger partial charge in [0, 0.05) is 25.2 Å². The molecule has 17 heavy (non-hydrogen) atoms. The molecule has 0 fully saturated rings. The molecular weight excluding hydrogens is 216 g/mol. The predicted octanol–water partition coefficient (Wildman–Crippen LogP) is 1.69. The molecule has 0 aromatic rings. The highest BCUT2D eigenvalue weighted by Gasteiger charge is 2.28. The normalized spacial score (nSPS) is 12.9. The quantitative estimate of drug-likeness (QED) is 0.716. The van der Waals surface area contributed by atoms with Crippen LogP contribution in [-0.4, -0.2) is 36.7 Å².